The van der Waals surface area contributed by atoms with Gasteiger partial charge in [-0.15, -0.1) is 0 Å². The van der Waals surface area contributed by atoms with Crippen LogP contribution in [0.2, 0.25) is 0 Å². The molecule has 0 fully saturated rings. The number of pyridine rings is 1. The number of rotatable bonds is 51. The number of aliphatic carboxylic acids is 4. The lowest BCUT2D eigenvalue weighted by molar-refractivity contribution is -0.384. The minimum atomic E-state index is -1.74. The zero-order chi connectivity index (χ0) is 79.1. The molecular formula is C74H86N8O25S2. The lowest BCUT2D eigenvalue weighted by Crippen LogP contribution is -2.53. The molecule has 0 saturated heterocycles. The highest BCUT2D eigenvalue weighted by Crippen LogP contribution is 2.46. The summed E-state index contributed by atoms with van der Waals surface area (Å²) in [7, 11) is 2.17. The number of benzene rings is 4. The predicted octanol–water partition coefficient (Wildman–Crippen LogP) is 6.14. The van der Waals surface area contributed by atoms with Crippen molar-refractivity contribution in [3.05, 3.63) is 134 Å². The number of amides is 5. The molecule has 0 radical (unpaired) electrons. The van der Waals surface area contributed by atoms with Gasteiger partial charge in [0.25, 0.3) is 17.7 Å². The Balaban J connectivity index is 0.827. The molecule has 1 aliphatic carbocycles. The summed E-state index contributed by atoms with van der Waals surface area (Å²) in [5, 5.41) is 62.3. The molecule has 0 saturated carbocycles. The topological polar surface area (TPSA) is 508 Å². The molecule has 1 aromatic heterocycles. The number of ketones is 4. The Bertz CT molecular complexity index is 4220. The van der Waals surface area contributed by atoms with E-state index in [0.29, 0.717) is 66.8 Å². The molecule has 7 rings (SSSR count). The second kappa shape index (κ2) is 43.1. The summed E-state index contributed by atoms with van der Waals surface area (Å²) >= 11 is 0. The molecular weight excluding hydrogens is 1460 g/mol. The van der Waals surface area contributed by atoms with Gasteiger partial charge >= 0.3 is 35.9 Å². The monoisotopic (exact) mass is 1550 g/mol. The number of aromatic nitrogens is 1. The van der Waals surface area contributed by atoms with Crippen LogP contribution in [-0.2, 0) is 86.4 Å². The van der Waals surface area contributed by atoms with Crippen molar-refractivity contribution in [2.24, 2.45) is 17.6 Å². The molecule has 7 atom stereocenters. The summed E-state index contributed by atoms with van der Waals surface area (Å²) in [6, 6.07) is 17.6. The van der Waals surface area contributed by atoms with Crippen molar-refractivity contribution in [2.75, 3.05) is 31.5 Å². The van der Waals surface area contributed by atoms with Gasteiger partial charge in [-0.25, -0.2) is 9.59 Å². The molecule has 35 heteroatoms. The minimum Gasteiger partial charge on any atom is -0.481 e. The first-order valence-electron chi connectivity index (χ1n) is 35.3. The van der Waals surface area contributed by atoms with Gasteiger partial charge in [0, 0.05) is 104 Å². The number of carboxylic acids is 4. The first-order chi connectivity index (χ1) is 52.2. The van der Waals surface area contributed by atoms with E-state index in [9.17, 15) is 97.4 Å². The Morgan fingerprint density at radius 2 is 1.26 bits per heavy atom. The van der Waals surface area contributed by atoms with Gasteiger partial charge < -0.3 is 76.3 Å². The van der Waals surface area contributed by atoms with Gasteiger partial charge in [0.2, 0.25) is 24.5 Å². The smallest absolute Gasteiger partial charge is 0.326 e. The highest BCUT2D eigenvalue weighted by atomic mass is 33.1. The number of nitro benzene ring substituents is 1. The number of esters is 1. The second-order valence-electron chi connectivity index (χ2n) is 26.0. The quantitative estimate of drug-likeness (QED) is 0.00390. The van der Waals surface area contributed by atoms with Gasteiger partial charge in [-0.2, -0.15) is 0 Å². The molecule has 11 N–H and O–H groups in total. The molecule has 33 nitrogen and oxygen atoms in total. The van der Waals surface area contributed by atoms with Gasteiger partial charge in [-0.05, 0) is 74.3 Å². The number of unbranched alkanes of at least 4 members (excludes halogenated alkanes) is 6. The Morgan fingerprint density at radius 3 is 1.90 bits per heavy atom. The Hall–Kier alpha value is -11.1. The number of urea groups is 1. The van der Waals surface area contributed by atoms with E-state index in [0.717, 1.165) is 33.2 Å². The summed E-state index contributed by atoms with van der Waals surface area (Å²) in [5.41, 5.74) is 7.87. The van der Waals surface area contributed by atoms with Gasteiger partial charge in [-0.3, -0.25) is 72.4 Å². The zero-order valence-electron chi connectivity index (χ0n) is 59.3. The number of nitrogens with two attached hydrogens (primary N) is 1. The lowest BCUT2D eigenvalue weighted by atomic mass is 9.89. The fourth-order valence-corrected chi connectivity index (χ4v) is 14.3. The fourth-order valence-electron chi connectivity index (χ4n) is 12.2. The van der Waals surface area contributed by atoms with Crippen LogP contribution in [0.5, 0.6) is 11.5 Å². The maximum absolute atomic E-state index is 14.3. The highest BCUT2D eigenvalue weighted by molar-refractivity contribution is 8.76. The minimum absolute atomic E-state index is 0.00565. The van der Waals surface area contributed by atoms with Crippen LogP contribution in [-0.4, -0.2) is 175 Å². The summed E-state index contributed by atoms with van der Waals surface area (Å²) in [6.07, 6.45) is -0.0348. The van der Waals surface area contributed by atoms with Crippen LogP contribution in [0.4, 0.5) is 10.5 Å². The van der Waals surface area contributed by atoms with Crippen molar-refractivity contribution >= 4 is 121 Å². The molecule has 5 aromatic rings. The molecule has 4 aromatic carbocycles. The van der Waals surface area contributed by atoms with E-state index in [1.807, 2.05) is 0 Å². The molecule has 584 valence electrons. The molecule has 1 aliphatic heterocycles. The lowest BCUT2D eigenvalue weighted by Gasteiger charge is -2.23. The summed E-state index contributed by atoms with van der Waals surface area (Å²) in [4.78, 5) is 204. The number of carbonyl (C=O) groups is 14. The predicted molar refractivity (Wildman–Crippen MR) is 393 cm³/mol. The van der Waals surface area contributed by atoms with Crippen LogP contribution in [0.25, 0.3) is 22.0 Å². The van der Waals surface area contributed by atoms with E-state index in [1.54, 1.807) is 66.7 Å². The van der Waals surface area contributed by atoms with Crippen LogP contribution >= 0.6 is 21.6 Å². The third kappa shape index (κ3) is 26.7. The third-order valence-electron chi connectivity index (χ3n) is 17.9. The molecule has 5 amide bonds. The van der Waals surface area contributed by atoms with E-state index in [2.05, 4.69) is 31.3 Å². The average Bonchev–Trinajstić information content (AvgIpc) is 1.56. The third-order valence-corrected chi connectivity index (χ3v) is 20.4. The number of non-ortho nitro benzene ring substituents is 1. The van der Waals surface area contributed by atoms with Gasteiger partial charge in [0.1, 0.15) is 24.5 Å². The average molecular weight is 1550 g/mol. The van der Waals surface area contributed by atoms with Crippen LogP contribution in [0.1, 0.15) is 143 Å². The zero-order valence-corrected chi connectivity index (χ0v) is 60.9. The Morgan fingerprint density at radius 1 is 0.624 bits per heavy atom. The molecule has 0 spiro atoms. The van der Waals surface area contributed by atoms with Crippen LogP contribution < -0.4 is 47.4 Å². The molecule has 2 heterocycles. The molecule has 109 heavy (non-hydrogen) atoms. The number of Topliss-reactive ketones (excluding diaryl/α,β-unsaturated/α-hetero) is 3. The number of carbonyl (C=O) groups excluding carboxylic acids is 10. The largest absolute Gasteiger partial charge is 0.481 e. The van der Waals surface area contributed by atoms with Crippen molar-refractivity contribution in [1.29, 1.82) is 0 Å². The van der Waals surface area contributed by atoms with E-state index in [-0.39, 0.29) is 142 Å². The second-order valence-corrected chi connectivity index (χ2v) is 28.6. The number of nitrogens with zero attached hydrogens (tertiary/aromatic N) is 2. The Labute approximate surface area is 631 Å². The standard InChI is InChI=1S/C74H86N8O25S2/c75-53(39-76-69(94)45(31-43-15-7-5-8-16-43)33-57(85)55(32-44-17-9-6-10-18-44)77-61(87)20-12-4-2-1-3-11-19-48(84)23-25-54(73(99)100)79-74(101)80-62(105-41-83)26-27-63(88)89)70(95)78-56(38-64(90)91)58(86)34-46(72(97)98)40-109-108-30-29-104-65(92)21-13-14-28-81-67-50-36-59-60(107-42-106-59)37-51(50)68(93)66(67)49-24-22-47(82(102)103)35-52(49)71(81)96/h5-10,15-18,22,24,35-37,41,45-46,53-56,62H,1-4,11-14,19-21,23,25-34,38-40,42,75H2,(H,76,94)(H,77,87)(H,78,95)(H,88,89)(H,90,91)(H,97,98)(H,99,100)(H2,79,80,101)/t45-,46+,53+,54+,55+,56+,62-/m1/s1. The van der Waals surface area contributed by atoms with Gasteiger partial charge in [0.15, 0.2) is 35.1 Å². The number of carboxylic acid groups (broad SMARTS) is 4. The fraction of sp³-hybridized carbons (Fsp3) is 0.446. The molecule has 2 aliphatic rings. The van der Waals surface area contributed by atoms with E-state index >= 15 is 0 Å². The van der Waals surface area contributed by atoms with Crippen molar-refractivity contribution in [2.45, 2.75) is 165 Å². The first-order valence-corrected chi connectivity index (χ1v) is 37.8. The number of ether oxygens (including phenoxy) is 4. The molecule has 0 bridgehead atoms. The Kier molecular flexibility index (Phi) is 33.7. The summed E-state index contributed by atoms with van der Waals surface area (Å²) in [5.74, 6) is -12.0. The number of nitrogens with one attached hydrogen (secondary N) is 5. The summed E-state index contributed by atoms with van der Waals surface area (Å²) in [6.45, 7) is -0.676. The van der Waals surface area contributed by atoms with Crippen molar-refractivity contribution in [3.8, 4) is 22.8 Å². The number of hydrogen-bond donors (Lipinski definition) is 10. The number of nitro groups is 1. The van der Waals surface area contributed by atoms with Crippen molar-refractivity contribution < 1.29 is 111 Å². The maximum atomic E-state index is 14.3. The normalized spacial score (nSPS) is 13.7. The maximum Gasteiger partial charge on any atom is 0.326 e. The van der Waals surface area contributed by atoms with Crippen LogP contribution in [0.15, 0.2) is 95.8 Å². The van der Waals surface area contributed by atoms with E-state index in [4.69, 9.17) is 25.1 Å². The number of fused-ring (bicyclic) bond motifs is 6. The van der Waals surface area contributed by atoms with Gasteiger partial charge in [0.05, 0.1) is 52.4 Å². The first kappa shape index (κ1) is 85.2. The van der Waals surface area contributed by atoms with Crippen LogP contribution in [0, 0.1) is 22.0 Å². The van der Waals surface area contributed by atoms with Crippen molar-refractivity contribution in [1.82, 2.24) is 31.2 Å². The van der Waals surface area contributed by atoms with Crippen LogP contribution in [0.3, 0.4) is 0 Å². The molecule has 0 unspecified atom stereocenters. The summed E-state index contributed by atoms with van der Waals surface area (Å²) < 4.78 is 22.4. The van der Waals surface area contributed by atoms with Gasteiger partial charge in [-0.1, -0.05) is 108 Å². The van der Waals surface area contributed by atoms with Crippen molar-refractivity contribution in [3.63, 3.8) is 0 Å². The SMILES string of the molecule is N[C@@H](CNC(=O)[C@@H](CC(=O)[C@H](Cc1ccccc1)NC(=O)CCCCCCCCC(=O)CC[C@H](NC(=O)N[C@@H](CCC(=O)O)OC=O)C(=O)O)Cc1ccccc1)C(=O)N[C@@H](CC(=O)O)C(=O)C[C@@H](CSSCCOC(=O)CCCCn1c2c(c3ccc([N+](=O)[O-])cc3c1=O)C(=O)c1cc3c(cc1-2)OCO3)C(=O)O. The van der Waals surface area contributed by atoms with E-state index < -0.39 is 149 Å². The van der Waals surface area contributed by atoms with E-state index in [1.165, 1.54) is 22.8 Å². The highest BCUT2D eigenvalue weighted by Gasteiger charge is 2.37. The number of hydrogen-bond acceptors (Lipinski definition) is 24.